The monoisotopic (exact) mass is 385 g/mol. The van der Waals surface area contributed by atoms with Crippen LogP contribution in [0.5, 0.6) is 0 Å². The van der Waals surface area contributed by atoms with Gasteiger partial charge in [-0.1, -0.05) is 26.0 Å². The van der Waals surface area contributed by atoms with Crippen LogP contribution in [0.15, 0.2) is 18.2 Å². The predicted octanol–water partition coefficient (Wildman–Crippen LogP) is 0.146. The number of carbonyl (C=O) groups is 1. The van der Waals surface area contributed by atoms with Gasteiger partial charge in [0.2, 0.25) is 11.7 Å². The second-order valence-corrected chi connectivity index (χ2v) is 8.41. The minimum atomic E-state index is -0.131. The van der Waals surface area contributed by atoms with E-state index in [0.717, 1.165) is 23.4 Å². The van der Waals surface area contributed by atoms with Gasteiger partial charge >= 0.3 is 0 Å². The van der Waals surface area contributed by atoms with Gasteiger partial charge in [-0.2, -0.15) is 5.21 Å². The molecule has 9 nitrogen and oxygen atoms in total. The molecule has 0 aliphatic carbocycles. The van der Waals surface area contributed by atoms with Crippen molar-refractivity contribution in [1.82, 2.24) is 30.8 Å². The number of fused-ring (bicyclic) bond motifs is 1. The normalized spacial score (nSPS) is 24.4. The summed E-state index contributed by atoms with van der Waals surface area (Å²) in [5.41, 5.74) is 2.74. The number of nitrogens with one attached hydrogen (secondary N) is 2. The fourth-order valence-corrected chi connectivity index (χ4v) is 4.20. The fraction of sp³-hybridized carbons (Fsp3) is 0.579. The Morgan fingerprint density at radius 2 is 2.21 bits per heavy atom. The van der Waals surface area contributed by atoms with E-state index in [2.05, 4.69) is 57.7 Å². The minimum Gasteiger partial charge on any atom is -0.395 e. The quantitative estimate of drug-likeness (QED) is 0.687. The van der Waals surface area contributed by atoms with Crippen LogP contribution in [0, 0.1) is 0 Å². The van der Waals surface area contributed by atoms with Crippen molar-refractivity contribution in [3.05, 3.63) is 23.8 Å². The Hall–Kier alpha value is -2.36. The number of carbonyl (C=O) groups excluding carboxylic acids is 1. The van der Waals surface area contributed by atoms with E-state index in [1.165, 1.54) is 0 Å². The average molecular weight is 385 g/mol. The highest BCUT2D eigenvalue weighted by molar-refractivity contribution is 5.98. The summed E-state index contributed by atoms with van der Waals surface area (Å²) in [5, 5.41) is 27.2. The van der Waals surface area contributed by atoms with Crippen molar-refractivity contribution >= 4 is 11.6 Å². The molecule has 1 saturated heterocycles. The summed E-state index contributed by atoms with van der Waals surface area (Å²) in [6, 6.07) is 6.25. The van der Waals surface area contributed by atoms with Crippen molar-refractivity contribution in [1.29, 1.82) is 0 Å². The number of piperazine rings is 1. The molecule has 2 aromatic rings. The number of hydrogen-bond acceptors (Lipinski definition) is 7. The van der Waals surface area contributed by atoms with E-state index in [1.807, 2.05) is 17.0 Å². The van der Waals surface area contributed by atoms with Crippen molar-refractivity contribution in [3.8, 4) is 11.4 Å². The zero-order valence-corrected chi connectivity index (χ0v) is 16.5. The van der Waals surface area contributed by atoms with Crippen LogP contribution >= 0.6 is 0 Å². The zero-order valence-electron chi connectivity index (χ0n) is 16.5. The lowest BCUT2D eigenvalue weighted by Gasteiger charge is -2.38. The number of aliphatic hydroxyl groups is 1. The second kappa shape index (κ2) is 7.23. The molecule has 0 bridgehead atoms. The molecule has 3 N–H and O–H groups in total. The predicted molar refractivity (Wildman–Crippen MR) is 105 cm³/mol. The molecule has 3 heterocycles. The lowest BCUT2D eigenvalue weighted by Crippen LogP contribution is -2.59. The number of tetrazole rings is 1. The van der Waals surface area contributed by atoms with Crippen molar-refractivity contribution in [2.75, 3.05) is 37.7 Å². The van der Waals surface area contributed by atoms with Crippen LogP contribution < -0.4 is 10.2 Å². The summed E-state index contributed by atoms with van der Waals surface area (Å²) in [6.45, 7) is 8.78. The number of H-pyrrole nitrogens is 1. The lowest BCUT2D eigenvalue weighted by molar-refractivity contribution is -0.121. The number of aromatic nitrogens is 4. The number of amides is 1. The summed E-state index contributed by atoms with van der Waals surface area (Å²) < 4.78 is 0. The number of hydrogen-bond donors (Lipinski definition) is 3. The zero-order chi connectivity index (χ0) is 19.9. The Labute approximate surface area is 164 Å². The van der Waals surface area contributed by atoms with Gasteiger partial charge in [0.05, 0.1) is 13.2 Å². The van der Waals surface area contributed by atoms with E-state index in [9.17, 15) is 9.90 Å². The molecule has 1 aromatic heterocycles. The Bertz CT molecular complexity index is 852. The summed E-state index contributed by atoms with van der Waals surface area (Å²) >= 11 is 0. The maximum atomic E-state index is 13.3. The van der Waals surface area contributed by atoms with Gasteiger partial charge in [0.25, 0.3) is 0 Å². The van der Waals surface area contributed by atoms with Gasteiger partial charge in [-0.05, 0) is 23.8 Å². The molecule has 2 aliphatic rings. The molecule has 0 spiro atoms. The van der Waals surface area contributed by atoms with Gasteiger partial charge in [0.15, 0.2) is 0 Å². The van der Waals surface area contributed by atoms with Gasteiger partial charge in [-0.15, -0.1) is 10.2 Å². The van der Waals surface area contributed by atoms with E-state index in [0.29, 0.717) is 31.5 Å². The minimum absolute atomic E-state index is 0.0387. The number of anilines is 1. The number of nitrogens with zero attached hydrogens (tertiary/aromatic N) is 5. The van der Waals surface area contributed by atoms with Crippen LogP contribution in [0.4, 0.5) is 5.69 Å². The molecule has 1 aromatic carbocycles. The third-order valence-electron chi connectivity index (χ3n) is 5.75. The van der Waals surface area contributed by atoms with Gasteiger partial charge in [0, 0.05) is 48.4 Å². The lowest BCUT2D eigenvalue weighted by atomic mass is 9.86. The third-order valence-corrected chi connectivity index (χ3v) is 5.75. The molecule has 2 atom stereocenters. The summed E-state index contributed by atoms with van der Waals surface area (Å²) in [5.74, 6) is 0.556. The standard InChI is InChI=1S/C19H27N7O2/c1-12-8-25(14(10-27)7-20-12)9-17(28)26-11-19(2,3)15-5-4-13(6-16(15)26)18-21-23-24-22-18/h4-6,12,14,20,27H,7-11H2,1-3H3,(H,21,22,23,24)/t12-,14-/m1/s1. The maximum absolute atomic E-state index is 13.3. The summed E-state index contributed by atoms with van der Waals surface area (Å²) in [4.78, 5) is 17.2. The average Bonchev–Trinajstić information content (AvgIpc) is 3.28. The molecule has 0 radical (unpaired) electrons. The Morgan fingerprint density at radius 1 is 1.39 bits per heavy atom. The fourth-order valence-electron chi connectivity index (χ4n) is 4.20. The first kappa shape index (κ1) is 19.0. The van der Waals surface area contributed by atoms with E-state index in [1.54, 1.807) is 0 Å². The van der Waals surface area contributed by atoms with Crippen molar-refractivity contribution in [3.63, 3.8) is 0 Å². The van der Waals surface area contributed by atoms with Crippen molar-refractivity contribution in [2.24, 2.45) is 0 Å². The molecular weight excluding hydrogens is 358 g/mol. The molecule has 0 unspecified atom stereocenters. The first-order chi connectivity index (χ1) is 13.4. The molecule has 1 fully saturated rings. The highest BCUT2D eigenvalue weighted by Crippen LogP contribution is 2.42. The molecule has 150 valence electrons. The van der Waals surface area contributed by atoms with Crippen LogP contribution in [0.25, 0.3) is 11.4 Å². The summed E-state index contributed by atoms with van der Waals surface area (Å²) in [7, 11) is 0. The molecule has 9 heteroatoms. The van der Waals surface area contributed by atoms with E-state index < -0.39 is 0 Å². The molecule has 4 rings (SSSR count). The molecule has 0 saturated carbocycles. The van der Waals surface area contributed by atoms with E-state index >= 15 is 0 Å². The highest BCUT2D eigenvalue weighted by Gasteiger charge is 2.39. The largest absolute Gasteiger partial charge is 0.395 e. The molecule has 1 amide bonds. The van der Waals surface area contributed by atoms with Gasteiger partial charge < -0.3 is 15.3 Å². The van der Waals surface area contributed by atoms with Gasteiger partial charge in [0.1, 0.15) is 0 Å². The third kappa shape index (κ3) is 3.41. The maximum Gasteiger partial charge on any atom is 0.241 e. The number of aromatic amines is 1. The van der Waals surface area contributed by atoms with Gasteiger partial charge in [-0.3, -0.25) is 9.69 Å². The Balaban J connectivity index is 1.60. The van der Waals surface area contributed by atoms with Crippen LogP contribution in [0.1, 0.15) is 26.3 Å². The highest BCUT2D eigenvalue weighted by atomic mass is 16.3. The van der Waals surface area contributed by atoms with Crippen LogP contribution in [0.2, 0.25) is 0 Å². The first-order valence-electron chi connectivity index (χ1n) is 9.66. The number of aliphatic hydroxyl groups excluding tert-OH is 1. The van der Waals surface area contributed by atoms with Crippen molar-refractivity contribution < 1.29 is 9.90 Å². The molecule has 2 aliphatic heterocycles. The summed E-state index contributed by atoms with van der Waals surface area (Å²) in [6.07, 6.45) is 0. The Morgan fingerprint density at radius 3 is 2.93 bits per heavy atom. The topological polar surface area (TPSA) is 110 Å². The molecular formula is C19H27N7O2. The van der Waals surface area contributed by atoms with Crippen LogP contribution in [-0.2, 0) is 10.2 Å². The second-order valence-electron chi connectivity index (χ2n) is 8.41. The van der Waals surface area contributed by atoms with Gasteiger partial charge in [-0.25, -0.2) is 0 Å². The van der Waals surface area contributed by atoms with Crippen molar-refractivity contribution in [2.45, 2.75) is 38.3 Å². The SMILES string of the molecule is C[C@@H]1CN(CC(=O)N2CC(C)(C)c3ccc(-c4nn[nH]n4)cc32)[C@@H](CO)CN1. The van der Waals surface area contributed by atoms with Crippen LogP contribution in [-0.4, -0.2) is 81.4 Å². The smallest absolute Gasteiger partial charge is 0.241 e. The number of rotatable bonds is 4. The van der Waals surface area contributed by atoms with E-state index in [-0.39, 0.29) is 24.0 Å². The number of benzene rings is 1. The van der Waals surface area contributed by atoms with Crippen LogP contribution in [0.3, 0.4) is 0 Å². The molecule has 28 heavy (non-hydrogen) atoms. The Kier molecular flexibility index (Phi) is 4.90. The first-order valence-corrected chi connectivity index (χ1v) is 9.66. The van der Waals surface area contributed by atoms with E-state index in [4.69, 9.17) is 0 Å².